The third kappa shape index (κ3) is 2470. The van der Waals surface area contributed by atoms with Crippen LogP contribution in [0.15, 0.2) is 0 Å². The van der Waals surface area contributed by atoms with E-state index in [0.29, 0.717) is 0 Å². The Hall–Kier alpha value is 0.434. The molecule has 0 radical (unpaired) electrons. The van der Waals surface area contributed by atoms with Gasteiger partial charge in [0.2, 0.25) is 0 Å². The van der Waals surface area contributed by atoms with Crippen LogP contribution in [0.5, 0.6) is 0 Å². The van der Waals surface area contributed by atoms with E-state index >= 15 is 0 Å². The van der Waals surface area contributed by atoms with Gasteiger partial charge in [-0.1, -0.05) is 0 Å². The SMILES string of the molecule is CCO.CCO.[CH3-].[CH3-].[O]=[Ti+2]. The van der Waals surface area contributed by atoms with E-state index < -0.39 is 0 Å². The average molecular weight is 186 g/mol. The summed E-state index contributed by atoms with van der Waals surface area (Å²) >= 11 is 0.750. The summed E-state index contributed by atoms with van der Waals surface area (Å²) in [6.45, 7) is 3.86. The molecule has 0 aliphatic carbocycles. The molecule has 0 aromatic carbocycles. The first-order chi connectivity index (χ1) is 3.83. The minimum absolute atomic E-state index is 0. The second-order valence-electron chi connectivity index (χ2n) is 0.632. The van der Waals surface area contributed by atoms with Gasteiger partial charge in [-0.2, -0.15) is 0 Å². The molecule has 4 heteroatoms. The maximum absolute atomic E-state index is 8.25. The van der Waals surface area contributed by atoms with Gasteiger partial charge in [-0.05, 0) is 13.8 Å². The molecule has 0 fully saturated rings. The zero-order valence-corrected chi connectivity index (χ0v) is 8.78. The van der Waals surface area contributed by atoms with Gasteiger partial charge >= 0.3 is 23.7 Å². The average Bonchev–Trinajstić information content (AvgIpc) is 1.75. The van der Waals surface area contributed by atoms with Crippen LogP contribution >= 0.6 is 0 Å². The molecule has 0 atom stereocenters. The molecule has 2 N–H and O–H groups in total. The summed E-state index contributed by atoms with van der Waals surface area (Å²) in [7, 11) is 0. The van der Waals surface area contributed by atoms with E-state index in [2.05, 4.69) is 0 Å². The van der Waals surface area contributed by atoms with Crippen molar-refractivity contribution in [1.82, 2.24) is 0 Å². The molecule has 0 spiro atoms. The fourth-order valence-corrected chi connectivity index (χ4v) is 0. The molecule has 0 aliphatic heterocycles. The molecule has 0 rings (SSSR count). The van der Waals surface area contributed by atoms with E-state index in [0.717, 1.165) is 20.4 Å². The fraction of sp³-hybridized carbons (Fsp3) is 0.667. The Morgan fingerprint density at radius 1 is 1.00 bits per heavy atom. The first-order valence-corrected chi connectivity index (χ1v) is 2.89. The van der Waals surface area contributed by atoms with Gasteiger partial charge in [-0.25, -0.2) is 0 Å². The van der Waals surface area contributed by atoms with E-state index in [4.69, 9.17) is 13.5 Å². The van der Waals surface area contributed by atoms with Crippen molar-refractivity contribution >= 4 is 0 Å². The van der Waals surface area contributed by atoms with E-state index in [1.807, 2.05) is 0 Å². The fourth-order valence-electron chi connectivity index (χ4n) is 0. The molecule has 0 aromatic heterocycles. The van der Waals surface area contributed by atoms with Crippen molar-refractivity contribution < 1.29 is 33.9 Å². The predicted molar refractivity (Wildman–Crippen MR) is 39.0 cm³/mol. The molecule has 0 aliphatic rings. The molecule has 0 heterocycles. The van der Waals surface area contributed by atoms with Gasteiger partial charge in [-0.3, -0.25) is 0 Å². The number of hydrogen-bond acceptors (Lipinski definition) is 3. The van der Waals surface area contributed by atoms with Crippen LogP contribution in [0.4, 0.5) is 0 Å². The second kappa shape index (κ2) is 113. The van der Waals surface area contributed by atoms with Gasteiger partial charge in [0.05, 0.1) is 0 Å². The Bertz CT molecular complexity index is 20.5. The van der Waals surface area contributed by atoms with Crippen LogP contribution in [0, 0.1) is 14.9 Å². The Morgan fingerprint density at radius 3 is 1.00 bits per heavy atom. The van der Waals surface area contributed by atoms with Gasteiger partial charge in [0.1, 0.15) is 0 Å². The number of aliphatic hydroxyl groups is 2. The molecule has 10 heavy (non-hydrogen) atoms. The summed E-state index contributed by atoms with van der Waals surface area (Å²) in [5, 5.41) is 15.1. The zero-order valence-electron chi connectivity index (χ0n) is 7.22. The molecule has 0 saturated carbocycles. The number of hydrogen-bond donors (Lipinski definition) is 2. The Kier molecular flexibility index (Phi) is 356. The molecule has 0 unspecified atom stereocenters. The standard InChI is InChI=1S/2C2H6O.2CH3.O.Ti/c2*1-2-3;;;;/h2*3H,2H2,1H3;2*1H3;;/q;;2*-1;;+2. The quantitative estimate of drug-likeness (QED) is 0.434. The Labute approximate surface area is 76.2 Å². The van der Waals surface area contributed by atoms with Crippen molar-refractivity contribution in [3.8, 4) is 0 Å². The van der Waals surface area contributed by atoms with E-state index in [9.17, 15) is 0 Å². The van der Waals surface area contributed by atoms with Crippen molar-refractivity contribution in [3.05, 3.63) is 14.9 Å². The van der Waals surface area contributed by atoms with Crippen LogP contribution in [-0.2, 0) is 23.7 Å². The van der Waals surface area contributed by atoms with Crippen molar-refractivity contribution in [2.24, 2.45) is 0 Å². The zero-order chi connectivity index (χ0) is 7.41. The summed E-state index contributed by atoms with van der Waals surface area (Å²) in [4.78, 5) is 0. The Balaban J connectivity index is -0.0000000116. The summed E-state index contributed by atoms with van der Waals surface area (Å²) in [5.41, 5.74) is 0. The topological polar surface area (TPSA) is 57.5 Å². The molecule has 0 bridgehead atoms. The molecular formula is C6H18O3Ti. The maximum atomic E-state index is 8.25. The Morgan fingerprint density at radius 2 is 1.00 bits per heavy atom. The molecule has 0 saturated heterocycles. The third-order valence-corrected chi connectivity index (χ3v) is 0. The van der Waals surface area contributed by atoms with Crippen LogP contribution in [0.3, 0.4) is 0 Å². The van der Waals surface area contributed by atoms with Crippen LogP contribution < -0.4 is 0 Å². The van der Waals surface area contributed by atoms with Crippen LogP contribution in [0.2, 0.25) is 0 Å². The summed E-state index contributed by atoms with van der Waals surface area (Å²) in [6, 6.07) is 0. The first kappa shape index (κ1) is 31.4. The molecule has 0 amide bonds. The van der Waals surface area contributed by atoms with Crippen molar-refractivity contribution in [3.63, 3.8) is 0 Å². The van der Waals surface area contributed by atoms with Gasteiger partial charge in [-0.15, -0.1) is 0 Å². The van der Waals surface area contributed by atoms with E-state index in [1.165, 1.54) is 0 Å². The first-order valence-electron chi connectivity index (χ1n) is 2.25. The van der Waals surface area contributed by atoms with Crippen molar-refractivity contribution in [2.75, 3.05) is 13.2 Å². The monoisotopic (exact) mass is 186 g/mol. The van der Waals surface area contributed by atoms with E-state index in [-0.39, 0.29) is 28.1 Å². The summed E-state index contributed by atoms with van der Waals surface area (Å²) < 4.78 is 8.25. The normalized spacial score (nSPS) is 4.20. The summed E-state index contributed by atoms with van der Waals surface area (Å²) in [6.07, 6.45) is 0. The van der Waals surface area contributed by atoms with Gasteiger partial charge in [0, 0.05) is 13.2 Å². The molecular weight excluding hydrogens is 168 g/mol. The predicted octanol–water partition coefficient (Wildman–Crippen LogP) is 0.776. The van der Waals surface area contributed by atoms with Gasteiger partial charge < -0.3 is 25.1 Å². The number of rotatable bonds is 0. The summed E-state index contributed by atoms with van der Waals surface area (Å²) in [5.74, 6) is 0. The second-order valence-corrected chi connectivity index (χ2v) is 0.632. The molecule has 3 nitrogen and oxygen atoms in total. The van der Waals surface area contributed by atoms with Crippen LogP contribution in [-0.4, -0.2) is 23.4 Å². The van der Waals surface area contributed by atoms with Crippen molar-refractivity contribution in [1.29, 1.82) is 0 Å². The number of aliphatic hydroxyl groups excluding tert-OH is 2. The van der Waals surface area contributed by atoms with Crippen LogP contribution in [0.25, 0.3) is 0 Å². The molecule has 64 valence electrons. The third-order valence-electron chi connectivity index (χ3n) is 0. The minimum atomic E-state index is 0. The van der Waals surface area contributed by atoms with Crippen LogP contribution in [0.1, 0.15) is 13.8 Å². The van der Waals surface area contributed by atoms with Crippen molar-refractivity contribution in [2.45, 2.75) is 13.8 Å². The van der Waals surface area contributed by atoms with Gasteiger partial charge in [0.15, 0.2) is 0 Å². The molecule has 0 aromatic rings. The van der Waals surface area contributed by atoms with Gasteiger partial charge in [0.25, 0.3) is 0 Å². The van der Waals surface area contributed by atoms with E-state index in [1.54, 1.807) is 13.8 Å².